The summed E-state index contributed by atoms with van der Waals surface area (Å²) in [4.78, 5) is 0. The Morgan fingerprint density at radius 2 is 1.92 bits per heavy atom. The molecule has 1 aromatic carbocycles. The molecule has 12 heavy (non-hydrogen) atoms. The quantitative estimate of drug-likeness (QED) is 0.544. The molecule has 1 aromatic rings. The molecule has 0 nitrogen and oxygen atoms in total. The third kappa shape index (κ3) is 0.600. The van der Waals surface area contributed by atoms with Gasteiger partial charge in [-0.15, -0.1) is 0 Å². The molecule has 0 spiro atoms. The van der Waals surface area contributed by atoms with Gasteiger partial charge in [-0.1, -0.05) is 26.0 Å². The van der Waals surface area contributed by atoms with Gasteiger partial charge in [-0.3, -0.25) is 0 Å². The fourth-order valence-electron chi connectivity index (χ4n) is 2.80. The van der Waals surface area contributed by atoms with E-state index in [1.165, 1.54) is 12.8 Å². The SMILES string of the molecule is CC1Cc2c1ccc1c2C(C)C1. The van der Waals surface area contributed by atoms with E-state index in [1.807, 2.05) is 0 Å². The average Bonchev–Trinajstić information content (AvgIpc) is 2.01. The molecule has 0 fully saturated rings. The van der Waals surface area contributed by atoms with E-state index in [0.717, 1.165) is 11.8 Å². The molecule has 0 aliphatic heterocycles. The van der Waals surface area contributed by atoms with Gasteiger partial charge >= 0.3 is 0 Å². The van der Waals surface area contributed by atoms with Crippen LogP contribution < -0.4 is 0 Å². The van der Waals surface area contributed by atoms with Crippen LogP contribution in [-0.2, 0) is 12.8 Å². The summed E-state index contributed by atoms with van der Waals surface area (Å²) in [7, 11) is 0. The number of hydrogen-bond acceptors (Lipinski definition) is 0. The van der Waals surface area contributed by atoms with Gasteiger partial charge in [0.15, 0.2) is 0 Å². The van der Waals surface area contributed by atoms with Crippen molar-refractivity contribution in [3.05, 3.63) is 34.4 Å². The molecule has 0 heteroatoms. The van der Waals surface area contributed by atoms with Crippen LogP contribution >= 0.6 is 0 Å². The highest BCUT2D eigenvalue weighted by molar-refractivity contribution is 5.54. The fraction of sp³-hybridized carbons (Fsp3) is 0.500. The predicted molar refractivity (Wildman–Crippen MR) is 50.7 cm³/mol. The molecule has 0 radical (unpaired) electrons. The van der Waals surface area contributed by atoms with Crippen molar-refractivity contribution in [1.29, 1.82) is 0 Å². The summed E-state index contributed by atoms with van der Waals surface area (Å²) in [5.41, 5.74) is 6.64. The molecule has 0 N–H and O–H groups in total. The first-order valence-corrected chi connectivity index (χ1v) is 4.92. The van der Waals surface area contributed by atoms with Gasteiger partial charge in [0, 0.05) is 0 Å². The Morgan fingerprint density at radius 3 is 2.58 bits per heavy atom. The Hall–Kier alpha value is -0.780. The van der Waals surface area contributed by atoms with Crippen LogP contribution in [0.15, 0.2) is 12.1 Å². The highest BCUT2D eigenvalue weighted by atomic mass is 14.4. The lowest BCUT2D eigenvalue weighted by molar-refractivity contribution is 0.591. The van der Waals surface area contributed by atoms with E-state index in [2.05, 4.69) is 26.0 Å². The Labute approximate surface area is 73.6 Å². The van der Waals surface area contributed by atoms with Crippen LogP contribution in [0.1, 0.15) is 47.9 Å². The topological polar surface area (TPSA) is 0 Å². The van der Waals surface area contributed by atoms with Crippen molar-refractivity contribution in [2.24, 2.45) is 0 Å². The number of rotatable bonds is 0. The second-order valence-electron chi connectivity index (χ2n) is 4.42. The van der Waals surface area contributed by atoms with Gasteiger partial charge < -0.3 is 0 Å². The summed E-state index contributed by atoms with van der Waals surface area (Å²) < 4.78 is 0. The minimum absolute atomic E-state index is 0.832. The zero-order valence-electron chi connectivity index (χ0n) is 7.72. The molecule has 0 saturated carbocycles. The van der Waals surface area contributed by atoms with E-state index in [0.29, 0.717) is 0 Å². The van der Waals surface area contributed by atoms with E-state index < -0.39 is 0 Å². The van der Waals surface area contributed by atoms with Gasteiger partial charge in [-0.05, 0) is 46.9 Å². The molecule has 0 bridgehead atoms. The van der Waals surface area contributed by atoms with Gasteiger partial charge in [0.1, 0.15) is 0 Å². The molecular weight excluding hydrogens is 144 g/mol. The maximum absolute atomic E-state index is 2.35. The molecule has 2 atom stereocenters. The first-order chi connectivity index (χ1) is 5.77. The van der Waals surface area contributed by atoms with Crippen molar-refractivity contribution in [2.45, 2.75) is 38.5 Å². The number of benzene rings is 1. The zero-order valence-corrected chi connectivity index (χ0v) is 7.72. The van der Waals surface area contributed by atoms with Crippen LogP contribution in [0, 0.1) is 0 Å². The summed E-state index contributed by atoms with van der Waals surface area (Å²) in [5.74, 6) is 1.68. The van der Waals surface area contributed by atoms with Crippen molar-refractivity contribution < 1.29 is 0 Å². The molecule has 0 heterocycles. The molecule has 62 valence electrons. The van der Waals surface area contributed by atoms with Crippen molar-refractivity contribution in [1.82, 2.24) is 0 Å². The standard InChI is InChI=1S/C12H14/c1-7-6-11-10(7)4-3-9-5-8(2)12(9)11/h3-4,7-8H,5-6H2,1-2H3. The van der Waals surface area contributed by atoms with Gasteiger partial charge in [0.2, 0.25) is 0 Å². The average molecular weight is 158 g/mol. The smallest absolute Gasteiger partial charge is 0.0144 e. The Kier molecular flexibility index (Phi) is 1.08. The summed E-state index contributed by atoms with van der Waals surface area (Å²) in [5, 5.41) is 0. The Balaban J connectivity index is 2.21. The first-order valence-electron chi connectivity index (χ1n) is 4.92. The van der Waals surface area contributed by atoms with Crippen molar-refractivity contribution in [2.75, 3.05) is 0 Å². The van der Waals surface area contributed by atoms with Gasteiger partial charge in [-0.2, -0.15) is 0 Å². The number of fused-ring (bicyclic) bond motifs is 3. The maximum atomic E-state index is 2.35. The van der Waals surface area contributed by atoms with E-state index >= 15 is 0 Å². The van der Waals surface area contributed by atoms with E-state index in [1.54, 1.807) is 22.3 Å². The van der Waals surface area contributed by atoms with Crippen LogP contribution in [0.5, 0.6) is 0 Å². The predicted octanol–water partition coefficient (Wildman–Crippen LogP) is 3.01. The van der Waals surface area contributed by atoms with E-state index in [9.17, 15) is 0 Å². The minimum atomic E-state index is 0.832. The zero-order chi connectivity index (χ0) is 8.29. The summed E-state index contributed by atoms with van der Waals surface area (Å²) in [6.45, 7) is 4.68. The molecule has 2 unspecified atom stereocenters. The lowest BCUT2D eigenvalue weighted by atomic mass is 9.66. The summed E-state index contributed by atoms with van der Waals surface area (Å²) in [6, 6.07) is 4.68. The maximum Gasteiger partial charge on any atom is -0.0144 e. The second kappa shape index (κ2) is 1.93. The fourth-order valence-corrected chi connectivity index (χ4v) is 2.80. The van der Waals surface area contributed by atoms with Gasteiger partial charge in [0.05, 0.1) is 0 Å². The molecule has 2 aliphatic carbocycles. The van der Waals surface area contributed by atoms with Crippen LogP contribution in [0.25, 0.3) is 0 Å². The normalized spacial score (nSPS) is 29.8. The molecular formula is C12H14. The molecule has 0 amide bonds. The third-order valence-corrected chi connectivity index (χ3v) is 3.54. The summed E-state index contributed by atoms with van der Waals surface area (Å²) in [6.07, 6.45) is 2.65. The first kappa shape index (κ1) is 6.71. The monoisotopic (exact) mass is 158 g/mol. The van der Waals surface area contributed by atoms with Crippen molar-refractivity contribution in [3.63, 3.8) is 0 Å². The molecule has 2 aliphatic rings. The lowest BCUT2D eigenvalue weighted by Gasteiger charge is -2.38. The minimum Gasteiger partial charge on any atom is -0.0584 e. The highest BCUT2D eigenvalue weighted by Crippen LogP contribution is 2.46. The van der Waals surface area contributed by atoms with Gasteiger partial charge in [0.25, 0.3) is 0 Å². The third-order valence-electron chi connectivity index (χ3n) is 3.54. The lowest BCUT2D eigenvalue weighted by Crippen LogP contribution is -2.25. The molecule has 0 saturated heterocycles. The summed E-state index contributed by atoms with van der Waals surface area (Å²) >= 11 is 0. The second-order valence-corrected chi connectivity index (χ2v) is 4.42. The Bertz CT molecular complexity index is 349. The van der Waals surface area contributed by atoms with Gasteiger partial charge in [-0.25, -0.2) is 0 Å². The van der Waals surface area contributed by atoms with Crippen LogP contribution in [0.4, 0.5) is 0 Å². The van der Waals surface area contributed by atoms with E-state index in [4.69, 9.17) is 0 Å². The van der Waals surface area contributed by atoms with Crippen LogP contribution in [0.3, 0.4) is 0 Å². The molecule has 0 aromatic heterocycles. The Morgan fingerprint density at radius 1 is 1.08 bits per heavy atom. The highest BCUT2D eigenvalue weighted by Gasteiger charge is 2.32. The largest absolute Gasteiger partial charge is 0.0584 e. The van der Waals surface area contributed by atoms with Crippen LogP contribution in [0.2, 0.25) is 0 Å². The number of hydrogen-bond donors (Lipinski definition) is 0. The molecule has 3 rings (SSSR count). The van der Waals surface area contributed by atoms with Crippen LogP contribution in [-0.4, -0.2) is 0 Å². The van der Waals surface area contributed by atoms with Crippen molar-refractivity contribution >= 4 is 0 Å². The van der Waals surface area contributed by atoms with Crippen molar-refractivity contribution in [3.8, 4) is 0 Å². The van der Waals surface area contributed by atoms with E-state index in [-0.39, 0.29) is 0 Å².